The first-order valence-corrected chi connectivity index (χ1v) is 6.57. The van der Waals surface area contributed by atoms with Gasteiger partial charge in [-0.3, -0.25) is 9.59 Å². The van der Waals surface area contributed by atoms with E-state index in [2.05, 4.69) is 0 Å². The highest BCUT2D eigenvalue weighted by Crippen LogP contribution is 2.21. The van der Waals surface area contributed by atoms with Gasteiger partial charge in [0.15, 0.2) is 5.12 Å². The van der Waals surface area contributed by atoms with E-state index in [0.29, 0.717) is 29.6 Å². The number of carbonyl (C=O) groups excluding carboxylic acids is 2. The zero-order chi connectivity index (χ0) is 13.5. The van der Waals surface area contributed by atoms with E-state index in [0.717, 1.165) is 11.8 Å². The lowest BCUT2D eigenvalue weighted by molar-refractivity contribution is -0.109. The molecule has 0 aliphatic heterocycles. The maximum absolute atomic E-state index is 10.7. The second kappa shape index (κ2) is 7.31. The predicted octanol–water partition coefficient (Wildman–Crippen LogP) is 1.56. The number of hydrogen-bond acceptors (Lipinski definition) is 5. The van der Waals surface area contributed by atoms with E-state index in [1.807, 2.05) is 0 Å². The van der Waals surface area contributed by atoms with Gasteiger partial charge in [0, 0.05) is 18.2 Å². The van der Waals surface area contributed by atoms with Gasteiger partial charge in [-0.1, -0.05) is 30.0 Å². The summed E-state index contributed by atoms with van der Waals surface area (Å²) < 4.78 is 0. The summed E-state index contributed by atoms with van der Waals surface area (Å²) in [5.41, 5.74) is 0.955. The van der Waals surface area contributed by atoms with Crippen LogP contribution in [0.15, 0.2) is 24.3 Å². The third-order valence-corrected chi connectivity index (χ3v) is 3.32. The van der Waals surface area contributed by atoms with E-state index >= 15 is 0 Å². The Hall–Kier alpha value is -1.17. The zero-order valence-corrected chi connectivity index (χ0v) is 10.9. The van der Waals surface area contributed by atoms with Crippen LogP contribution in [0, 0.1) is 0 Å². The van der Waals surface area contributed by atoms with Gasteiger partial charge >= 0.3 is 0 Å². The van der Waals surface area contributed by atoms with Crippen LogP contribution in [0.1, 0.15) is 35.4 Å². The molecule has 0 spiro atoms. The molecule has 0 bridgehead atoms. The van der Waals surface area contributed by atoms with Gasteiger partial charge in [-0.25, -0.2) is 0 Å². The quantitative estimate of drug-likeness (QED) is 0.766. The molecule has 0 aromatic heterocycles. The molecule has 0 saturated carbocycles. The van der Waals surface area contributed by atoms with Crippen LogP contribution in [0.4, 0.5) is 0 Å². The molecule has 2 N–H and O–H groups in total. The molecule has 2 atom stereocenters. The monoisotopic (exact) mass is 268 g/mol. The number of aliphatic hydroxyl groups excluding tert-OH is 2. The van der Waals surface area contributed by atoms with Gasteiger partial charge in [0.05, 0.1) is 6.10 Å². The summed E-state index contributed by atoms with van der Waals surface area (Å²) in [5.74, 6) is 0.459. The molecule has 1 rings (SSSR count). The highest BCUT2D eigenvalue weighted by molar-refractivity contribution is 8.13. The van der Waals surface area contributed by atoms with Gasteiger partial charge in [0.2, 0.25) is 0 Å². The van der Waals surface area contributed by atoms with Crippen molar-refractivity contribution >= 4 is 23.2 Å². The average Bonchev–Trinajstić information content (AvgIpc) is 2.37. The molecule has 0 aliphatic rings. The van der Waals surface area contributed by atoms with Crippen LogP contribution in [0.25, 0.3) is 0 Å². The first kappa shape index (κ1) is 14.9. The van der Waals surface area contributed by atoms with Crippen LogP contribution >= 0.6 is 11.8 Å². The van der Waals surface area contributed by atoms with Crippen molar-refractivity contribution < 1.29 is 19.8 Å². The molecule has 0 amide bonds. The van der Waals surface area contributed by atoms with Gasteiger partial charge in [-0.2, -0.15) is 0 Å². The largest absolute Gasteiger partial charge is 0.390 e. The van der Waals surface area contributed by atoms with Crippen LogP contribution < -0.4 is 0 Å². The van der Waals surface area contributed by atoms with Crippen LogP contribution in [-0.4, -0.2) is 33.5 Å². The summed E-state index contributed by atoms with van der Waals surface area (Å²) in [6.45, 7) is 1.46. The Bertz CT molecular complexity index is 419. The lowest BCUT2D eigenvalue weighted by Gasteiger charge is -2.18. The highest BCUT2D eigenvalue weighted by Gasteiger charge is 2.18. The molecule has 2 unspecified atom stereocenters. The Morgan fingerprint density at radius 2 is 2.17 bits per heavy atom. The Morgan fingerprint density at radius 3 is 2.78 bits per heavy atom. The van der Waals surface area contributed by atoms with Gasteiger partial charge in [-0.15, -0.1) is 0 Å². The molecule has 98 valence electrons. The summed E-state index contributed by atoms with van der Waals surface area (Å²) >= 11 is 1.11. The van der Waals surface area contributed by atoms with Crippen LogP contribution in [0.5, 0.6) is 0 Å². The van der Waals surface area contributed by atoms with Crippen LogP contribution in [0.3, 0.4) is 0 Å². The number of aldehydes is 1. The van der Waals surface area contributed by atoms with Gasteiger partial charge in [-0.05, 0) is 18.1 Å². The van der Waals surface area contributed by atoms with E-state index in [1.165, 1.54) is 6.92 Å². The summed E-state index contributed by atoms with van der Waals surface area (Å²) in [6, 6.07) is 6.47. The first-order chi connectivity index (χ1) is 8.54. The molecule has 0 heterocycles. The fourth-order valence-corrected chi connectivity index (χ4v) is 2.17. The molecular weight excluding hydrogens is 252 g/mol. The molecule has 0 aliphatic carbocycles. The van der Waals surface area contributed by atoms with Crippen molar-refractivity contribution in [3.8, 4) is 0 Å². The van der Waals surface area contributed by atoms with Crippen molar-refractivity contribution in [2.45, 2.75) is 25.6 Å². The molecule has 5 heteroatoms. The molecule has 0 radical (unpaired) electrons. The van der Waals surface area contributed by atoms with Gasteiger partial charge in [0.1, 0.15) is 12.4 Å². The van der Waals surface area contributed by atoms with E-state index in [-0.39, 0.29) is 5.12 Å². The van der Waals surface area contributed by atoms with E-state index in [9.17, 15) is 19.8 Å². The third kappa shape index (κ3) is 4.60. The summed E-state index contributed by atoms with van der Waals surface area (Å²) in [5, 5.41) is 19.7. The number of rotatable bonds is 6. The second-order valence-corrected chi connectivity index (χ2v) is 5.20. The van der Waals surface area contributed by atoms with Crippen molar-refractivity contribution in [1.82, 2.24) is 0 Å². The van der Waals surface area contributed by atoms with E-state index in [4.69, 9.17) is 0 Å². The summed E-state index contributed by atoms with van der Waals surface area (Å²) in [7, 11) is 0. The van der Waals surface area contributed by atoms with Gasteiger partial charge in [0.25, 0.3) is 0 Å². The molecule has 0 saturated heterocycles. The van der Waals surface area contributed by atoms with Crippen molar-refractivity contribution in [2.24, 2.45) is 0 Å². The molecule has 1 aromatic rings. The number of benzene rings is 1. The molecule has 0 fully saturated rings. The topological polar surface area (TPSA) is 74.6 Å². The Morgan fingerprint density at radius 1 is 1.44 bits per heavy atom. The lowest BCUT2D eigenvalue weighted by Crippen LogP contribution is -2.19. The second-order valence-electron chi connectivity index (χ2n) is 3.93. The summed E-state index contributed by atoms with van der Waals surface area (Å²) in [4.78, 5) is 21.3. The minimum atomic E-state index is -1.04. The molecule has 1 aromatic carbocycles. The Labute approximate surface area is 110 Å². The fourth-order valence-electron chi connectivity index (χ4n) is 1.52. The predicted molar refractivity (Wildman–Crippen MR) is 70.6 cm³/mol. The van der Waals surface area contributed by atoms with Crippen LogP contribution in [0.2, 0.25) is 0 Å². The maximum atomic E-state index is 10.7. The number of carbonyl (C=O) groups is 2. The number of aliphatic hydroxyl groups is 2. The lowest BCUT2D eigenvalue weighted by atomic mass is 10.0. The Balaban J connectivity index is 2.58. The van der Waals surface area contributed by atoms with E-state index < -0.39 is 12.2 Å². The standard InChI is InChI=1S/C13H16O4S/c1-9(15)18-6-5-12(16)13(17)11-4-2-3-10(7-11)8-14/h2-4,7-8,12-13,16-17H,5-6H2,1H3. The average molecular weight is 268 g/mol. The third-order valence-electron chi connectivity index (χ3n) is 2.47. The van der Waals surface area contributed by atoms with Crippen LogP contribution in [-0.2, 0) is 4.79 Å². The highest BCUT2D eigenvalue weighted by atomic mass is 32.2. The Kier molecular flexibility index (Phi) is 6.04. The number of hydrogen-bond donors (Lipinski definition) is 2. The van der Waals surface area contributed by atoms with E-state index in [1.54, 1.807) is 24.3 Å². The smallest absolute Gasteiger partial charge is 0.185 e. The maximum Gasteiger partial charge on any atom is 0.185 e. The SMILES string of the molecule is CC(=O)SCCC(O)C(O)c1cccc(C=O)c1. The van der Waals surface area contributed by atoms with Gasteiger partial charge < -0.3 is 10.2 Å². The molecule has 18 heavy (non-hydrogen) atoms. The van der Waals surface area contributed by atoms with Crippen molar-refractivity contribution in [1.29, 1.82) is 0 Å². The van der Waals surface area contributed by atoms with Crippen molar-refractivity contribution in [3.05, 3.63) is 35.4 Å². The minimum Gasteiger partial charge on any atom is -0.390 e. The number of thioether (sulfide) groups is 1. The molecular formula is C13H16O4S. The van der Waals surface area contributed by atoms with Crippen molar-refractivity contribution in [2.75, 3.05) is 5.75 Å². The normalized spacial score (nSPS) is 13.9. The fraction of sp³-hybridized carbons (Fsp3) is 0.385. The summed E-state index contributed by atoms with van der Waals surface area (Å²) in [6.07, 6.45) is -0.985. The first-order valence-electron chi connectivity index (χ1n) is 5.59. The zero-order valence-electron chi connectivity index (χ0n) is 10.1. The minimum absolute atomic E-state index is 0.0142. The molecule has 4 nitrogen and oxygen atoms in total. The van der Waals surface area contributed by atoms with Crippen molar-refractivity contribution in [3.63, 3.8) is 0 Å².